The first kappa shape index (κ1) is 30.3. The average molecular weight is 615 g/mol. The normalized spacial score (nSPS) is 14.0. The maximum absolute atomic E-state index is 13.2. The predicted octanol–water partition coefficient (Wildman–Crippen LogP) is 7.10. The fourth-order valence-corrected chi connectivity index (χ4v) is 5.44. The Morgan fingerprint density at radius 3 is 2.41 bits per heavy atom. The lowest BCUT2D eigenvalue weighted by Crippen LogP contribution is -2.36. The third kappa shape index (κ3) is 7.55. The lowest BCUT2D eigenvalue weighted by molar-refractivity contribution is -0.127. The predicted molar refractivity (Wildman–Crippen MR) is 165 cm³/mol. The van der Waals surface area contributed by atoms with Gasteiger partial charge in [-0.1, -0.05) is 29.3 Å². The molecule has 3 aromatic carbocycles. The molecule has 1 aliphatic heterocycles. The minimum atomic E-state index is -0.551. The summed E-state index contributed by atoms with van der Waals surface area (Å²) in [6.07, 6.45) is 1.61. The standard InChI is InChI=1S/C30H29Cl2N3O5S/c1-4-34(5-2)23-11-7-19(26(16-23)40-18-20-6-8-21(31)15-25(20)32)14-27-29(37)35(30(38)41-27)17-28(36)33-22-9-12-24(39-3)13-10-22/h6-16H,4-5,17-18H2,1-3H3,(H,33,36)/b27-14+. The summed E-state index contributed by atoms with van der Waals surface area (Å²) < 4.78 is 11.3. The van der Waals surface area contributed by atoms with Crippen LogP contribution in [0.2, 0.25) is 10.0 Å². The number of amides is 3. The molecule has 41 heavy (non-hydrogen) atoms. The number of anilines is 2. The summed E-state index contributed by atoms with van der Waals surface area (Å²) in [6, 6.07) is 17.6. The molecule has 1 aliphatic rings. The lowest BCUT2D eigenvalue weighted by Gasteiger charge is -2.22. The molecule has 0 bridgehead atoms. The van der Waals surface area contributed by atoms with E-state index in [1.165, 1.54) is 0 Å². The van der Waals surface area contributed by atoms with Crippen LogP contribution in [0.4, 0.5) is 16.2 Å². The van der Waals surface area contributed by atoms with Crippen LogP contribution in [-0.2, 0) is 16.2 Å². The number of benzene rings is 3. The van der Waals surface area contributed by atoms with E-state index in [0.29, 0.717) is 32.8 Å². The van der Waals surface area contributed by atoms with E-state index < -0.39 is 23.6 Å². The summed E-state index contributed by atoms with van der Waals surface area (Å²) in [5, 5.41) is 3.17. The van der Waals surface area contributed by atoms with Crippen LogP contribution in [0.3, 0.4) is 0 Å². The molecule has 3 aromatic rings. The van der Waals surface area contributed by atoms with Crippen molar-refractivity contribution < 1.29 is 23.9 Å². The molecule has 1 heterocycles. The van der Waals surface area contributed by atoms with Gasteiger partial charge in [0.2, 0.25) is 5.91 Å². The van der Waals surface area contributed by atoms with Gasteiger partial charge in [0.1, 0.15) is 24.7 Å². The summed E-state index contributed by atoms with van der Waals surface area (Å²) in [5.41, 5.74) is 2.83. The molecular formula is C30H29Cl2N3O5S. The van der Waals surface area contributed by atoms with Crippen molar-refractivity contribution in [3.05, 3.63) is 86.7 Å². The third-order valence-electron chi connectivity index (χ3n) is 6.36. The number of nitrogens with one attached hydrogen (secondary N) is 1. The van der Waals surface area contributed by atoms with Gasteiger partial charge >= 0.3 is 0 Å². The number of halogens is 2. The van der Waals surface area contributed by atoms with Crippen LogP contribution >= 0.6 is 35.0 Å². The molecule has 1 fully saturated rings. The fourth-order valence-electron chi connectivity index (χ4n) is 4.14. The van der Waals surface area contributed by atoms with Crippen LogP contribution in [0.15, 0.2) is 65.6 Å². The quantitative estimate of drug-likeness (QED) is 0.231. The Hall–Kier alpha value is -3.66. The minimum absolute atomic E-state index is 0.172. The number of carbonyl (C=O) groups excluding carboxylic acids is 3. The van der Waals surface area contributed by atoms with Crippen LogP contribution < -0.4 is 19.7 Å². The van der Waals surface area contributed by atoms with Crippen molar-refractivity contribution in [3.8, 4) is 11.5 Å². The van der Waals surface area contributed by atoms with Crippen LogP contribution in [0.25, 0.3) is 6.08 Å². The van der Waals surface area contributed by atoms with E-state index in [-0.39, 0.29) is 11.5 Å². The van der Waals surface area contributed by atoms with Crippen molar-refractivity contribution in [2.45, 2.75) is 20.5 Å². The number of nitrogens with zero attached hydrogens (tertiary/aromatic N) is 2. The Morgan fingerprint density at radius 1 is 1.02 bits per heavy atom. The van der Waals surface area contributed by atoms with Crippen LogP contribution in [-0.4, -0.2) is 48.7 Å². The maximum atomic E-state index is 13.2. The highest BCUT2D eigenvalue weighted by atomic mass is 35.5. The number of hydrogen-bond acceptors (Lipinski definition) is 7. The molecule has 0 saturated carbocycles. The largest absolute Gasteiger partial charge is 0.497 e. The first-order valence-electron chi connectivity index (χ1n) is 12.9. The summed E-state index contributed by atoms with van der Waals surface area (Å²) in [6.45, 7) is 5.49. The smallest absolute Gasteiger partial charge is 0.294 e. The average Bonchev–Trinajstić information content (AvgIpc) is 3.21. The number of methoxy groups -OCH3 is 1. The summed E-state index contributed by atoms with van der Waals surface area (Å²) in [7, 11) is 1.55. The van der Waals surface area contributed by atoms with Crippen LogP contribution in [0, 0.1) is 0 Å². The topological polar surface area (TPSA) is 88.2 Å². The van der Waals surface area contributed by atoms with Crippen molar-refractivity contribution in [2.75, 3.05) is 37.0 Å². The summed E-state index contributed by atoms with van der Waals surface area (Å²) in [4.78, 5) is 41.8. The van der Waals surface area contributed by atoms with E-state index in [9.17, 15) is 14.4 Å². The van der Waals surface area contributed by atoms with Crippen molar-refractivity contribution in [3.63, 3.8) is 0 Å². The highest BCUT2D eigenvalue weighted by Gasteiger charge is 2.36. The highest BCUT2D eigenvalue weighted by Crippen LogP contribution is 2.36. The van der Waals surface area contributed by atoms with E-state index in [1.807, 2.05) is 18.2 Å². The highest BCUT2D eigenvalue weighted by molar-refractivity contribution is 8.18. The number of rotatable bonds is 11. The molecule has 0 aromatic heterocycles. The first-order chi connectivity index (χ1) is 19.7. The van der Waals surface area contributed by atoms with Crippen LogP contribution in [0.1, 0.15) is 25.0 Å². The lowest BCUT2D eigenvalue weighted by atomic mass is 10.1. The number of ether oxygens (including phenoxy) is 2. The van der Waals surface area contributed by atoms with Gasteiger partial charge in [0, 0.05) is 51.7 Å². The van der Waals surface area contributed by atoms with Gasteiger partial charge in [-0.3, -0.25) is 19.3 Å². The molecule has 1 saturated heterocycles. The fraction of sp³-hybridized carbons (Fsp3) is 0.233. The van der Waals surface area contributed by atoms with Gasteiger partial charge in [-0.05, 0) is 80.2 Å². The van der Waals surface area contributed by atoms with Gasteiger partial charge in [0.15, 0.2) is 0 Å². The minimum Gasteiger partial charge on any atom is -0.497 e. The van der Waals surface area contributed by atoms with Crippen molar-refractivity contribution >= 4 is 69.5 Å². The molecule has 214 valence electrons. The van der Waals surface area contributed by atoms with Crippen molar-refractivity contribution in [1.82, 2.24) is 4.90 Å². The van der Waals surface area contributed by atoms with Crippen molar-refractivity contribution in [2.24, 2.45) is 0 Å². The van der Waals surface area contributed by atoms with E-state index in [1.54, 1.807) is 55.7 Å². The van der Waals surface area contributed by atoms with E-state index in [0.717, 1.165) is 41.0 Å². The van der Waals surface area contributed by atoms with E-state index in [2.05, 4.69) is 24.1 Å². The van der Waals surface area contributed by atoms with Gasteiger partial charge in [-0.25, -0.2) is 0 Å². The number of hydrogen-bond donors (Lipinski definition) is 1. The second-order valence-electron chi connectivity index (χ2n) is 8.96. The SMILES string of the molecule is CCN(CC)c1ccc(/C=C2/SC(=O)N(CC(=O)Nc3ccc(OC)cc3)C2=O)c(OCc2ccc(Cl)cc2Cl)c1. The zero-order valence-electron chi connectivity index (χ0n) is 22.8. The molecule has 4 rings (SSSR count). The molecule has 0 aliphatic carbocycles. The molecule has 0 atom stereocenters. The Labute approximate surface area is 253 Å². The summed E-state index contributed by atoms with van der Waals surface area (Å²) in [5.74, 6) is 0.115. The second-order valence-corrected chi connectivity index (χ2v) is 10.8. The molecule has 3 amide bonds. The third-order valence-corrected chi connectivity index (χ3v) is 7.85. The van der Waals surface area contributed by atoms with Gasteiger partial charge in [-0.15, -0.1) is 0 Å². The Bertz CT molecular complexity index is 1480. The molecule has 8 nitrogen and oxygen atoms in total. The molecular weight excluding hydrogens is 585 g/mol. The Kier molecular flexibility index (Phi) is 10.2. The number of carbonyl (C=O) groups is 3. The van der Waals surface area contributed by atoms with Gasteiger partial charge in [-0.2, -0.15) is 0 Å². The molecule has 0 radical (unpaired) electrons. The second kappa shape index (κ2) is 13.8. The van der Waals surface area contributed by atoms with Crippen LogP contribution in [0.5, 0.6) is 11.5 Å². The monoisotopic (exact) mass is 613 g/mol. The molecule has 11 heteroatoms. The first-order valence-corrected chi connectivity index (χ1v) is 14.4. The Balaban J connectivity index is 1.54. The van der Waals surface area contributed by atoms with Gasteiger partial charge in [0.05, 0.1) is 12.0 Å². The number of thioether (sulfide) groups is 1. The van der Waals surface area contributed by atoms with E-state index in [4.69, 9.17) is 32.7 Å². The summed E-state index contributed by atoms with van der Waals surface area (Å²) >= 11 is 13.1. The molecule has 0 unspecified atom stereocenters. The zero-order chi connectivity index (χ0) is 29.5. The maximum Gasteiger partial charge on any atom is 0.294 e. The molecule has 0 spiro atoms. The number of imide groups is 1. The zero-order valence-corrected chi connectivity index (χ0v) is 25.1. The van der Waals surface area contributed by atoms with Gasteiger partial charge < -0.3 is 19.7 Å². The van der Waals surface area contributed by atoms with Crippen molar-refractivity contribution in [1.29, 1.82) is 0 Å². The molecule has 1 N–H and O–H groups in total. The van der Waals surface area contributed by atoms with E-state index >= 15 is 0 Å². The Morgan fingerprint density at radius 2 is 1.76 bits per heavy atom. The van der Waals surface area contributed by atoms with Gasteiger partial charge in [0.25, 0.3) is 11.1 Å².